The Hall–Kier alpha value is -1.54. The SMILES string of the molecule is CC.CC.Cc1ccc2sc3ccc(N)cc3c2c1. The van der Waals surface area contributed by atoms with Gasteiger partial charge in [-0.15, -0.1) is 11.3 Å². The van der Waals surface area contributed by atoms with E-state index in [0.29, 0.717) is 0 Å². The van der Waals surface area contributed by atoms with Crippen LogP contribution in [0.3, 0.4) is 0 Å². The summed E-state index contributed by atoms with van der Waals surface area (Å²) in [5.74, 6) is 0. The first-order valence-electron chi connectivity index (χ1n) is 6.92. The van der Waals surface area contributed by atoms with Crippen LogP contribution in [-0.2, 0) is 0 Å². The van der Waals surface area contributed by atoms with E-state index in [1.54, 1.807) is 0 Å². The third-order valence-electron chi connectivity index (χ3n) is 2.65. The molecule has 2 aromatic carbocycles. The van der Waals surface area contributed by atoms with Crippen LogP contribution in [0.15, 0.2) is 36.4 Å². The highest BCUT2D eigenvalue weighted by molar-refractivity contribution is 7.25. The van der Waals surface area contributed by atoms with Crippen molar-refractivity contribution in [3.63, 3.8) is 0 Å². The monoisotopic (exact) mass is 273 g/mol. The molecule has 1 aromatic heterocycles. The zero-order valence-electron chi connectivity index (χ0n) is 12.4. The van der Waals surface area contributed by atoms with Crippen molar-refractivity contribution in [3.05, 3.63) is 42.0 Å². The fraction of sp³-hybridized carbons (Fsp3) is 0.294. The lowest BCUT2D eigenvalue weighted by Crippen LogP contribution is -1.81. The number of fused-ring (bicyclic) bond motifs is 3. The third-order valence-corrected chi connectivity index (χ3v) is 3.80. The fourth-order valence-electron chi connectivity index (χ4n) is 1.91. The summed E-state index contributed by atoms with van der Waals surface area (Å²) in [6.07, 6.45) is 0. The molecule has 102 valence electrons. The first-order chi connectivity index (χ1) is 9.24. The van der Waals surface area contributed by atoms with E-state index < -0.39 is 0 Å². The Labute approximate surface area is 120 Å². The Morgan fingerprint density at radius 2 is 1.32 bits per heavy atom. The van der Waals surface area contributed by atoms with E-state index in [0.717, 1.165) is 5.69 Å². The highest BCUT2D eigenvalue weighted by Gasteiger charge is 2.04. The van der Waals surface area contributed by atoms with Crippen LogP contribution in [-0.4, -0.2) is 0 Å². The molecule has 0 saturated carbocycles. The van der Waals surface area contributed by atoms with Crippen LogP contribution < -0.4 is 5.73 Å². The minimum absolute atomic E-state index is 0.837. The minimum atomic E-state index is 0.837. The second-order valence-electron chi connectivity index (χ2n) is 3.86. The Kier molecular flexibility index (Phi) is 5.84. The van der Waals surface area contributed by atoms with E-state index >= 15 is 0 Å². The van der Waals surface area contributed by atoms with Crippen LogP contribution in [0, 0.1) is 6.92 Å². The van der Waals surface area contributed by atoms with E-state index in [4.69, 9.17) is 5.73 Å². The molecule has 0 aliphatic carbocycles. The molecule has 0 atom stereocenters. The van der Waals surface area contributed by atoms with E-state index in [1.807, 2.05) is 45.1 Å². The molecule has 0 radical (unpaired) electrons. The number of hydrogen-bond donors (Lipinski definition) is 1. The highest BCUT2D eigenvalue weighted by Crippen LogP contribution is 2.35. The van der Waals surface area contributed by atoms with Crippen molar-refractivity contribution in [2.24, 2.45) is 0 Å². The van der Waals surface area contributed by atoms with E-state index in [9.17, 15) is 0 Å². The maximum absolute atomic E-state index is 5.82. The van der Waals surface area contributed by atoms with Crippen LogP contribution >= 0.6 is 11.3 Å². The van der Waals surface area contributed by atoms with Gasteiger partial charge in [0.2, 0.25) is 0 Å². The van der Waals surface area contributed by atoms with Crippen LogP contribution in [0.1, 0.15) is 33.3 Å². The first-order valence-corrected chi connectivity index (χ1v) is 7.74. The minimum Gasteiger partial charge on any atom is -0.399 e. The van der Waals surface area contributed by atoms with Gasteiger partial charge in [-0.25, -0.2) is 0 Å². The quantitative estimate of drug-likeness (QED) is 0.500. The molecule has 1 nitrogen and oxygen atoms in total. The van der Waals surface area contributed by atoms with Gasteiger partial charge in [0, 0.05) is 25.9 Å². The summed E-state index contributed by atoms with van der Waals surface area (Å²) in [6, 6.07) is 12.7. The Morgan fingerprint density at radius 1 is 0.789 bits per heavy atom. The number of hydrogen-bond acceptors (Lipinski definition) is 2. The lowest BCUT2D eigenvalue weighted by atomic mass is 10.1. The summed E-state index contributed by atoms with van der Waals surface area (Å²) in [6.45, 7) is 10.1. The molecule has 0 fully saturated rings. The molecule has 19 heavy (non-hydrogen) atoms. The maximum atomic E-state index is 5.82. The lowest BCUT2D eigenvalue weighted by molar-refractivity contribution is 1.50. The predicted octanol–water partition coefficient (Wildman–Crippen LogP) is 6.00. The van der Waals surface area contributed by atoms with Gasteiger partial charge in [0.1, 0.15) is 0 Å². The number of rotatable bonds is 0. The molecule has 0 spiro atoms. The molecule has 1 heterocycles. The van der Waals surface area contributed by atoms with Crippen molar-refractivity contribution in [3.8, 4) is 0 Å². The Bertz CT molecular complexity index is 596. The largest absolute Gasteiger partial charge is 0.399 e. The van der Waals surface area contributed by atoms with Gasteiger partial charge in [0.15, 0.2) is 0 Å². The van der Waals surface area contributed by atoms with Gasteiger partial charge < -0.3 is 5.73 Å². The molecule has 3 aromatic rings. The first kappa shape index (κ1) is 15.5. The smallest absolute Gasteiger partial charge is 0.0356 e. The number of benzene rings is 2. The van der Waals surface area contributed by atoms with Crippen LogP contribution in [0.4, 0.5) is 5.69 Å². The predicted molar refractivity (Wildman–Crippen MR) is 91.2 cm³/mol. The van der Waals surface area contributed by atoms with E-state index in [-0.39, 0.29) is 0 Å². The summed E-state index contributed by atoms with van der Waals surface area (Å²) < 4.78 is 2.64. The topological polar surface area (TPSA) is 26.0 Å². The Balaban J connectivity index is 0.000000415. The second kappa shape index (κ2) is 7.15. The van der Waals surface area contributed by atoms with Gasteiger partial charge in [-0.1, -0.05) is 39.3 Å². The molecule has 0 amide bonds. The number of anilines is 1. The average Bonchev–Trinajstić information content (AvgIpc) is 2.81. The van der Waals surface area contributed by atoms with Crippen LogP contribution in [0.25, 0.3) is 20.2 Å². The van der Waals surface area contributed by atoms with Crippen molar-refractivity contribution >= 4 is 37.2 Å². The third kappa shape index (κ3) is 3.27. The lowest BCUT2D eigenvalue weighted by Gasteiger charge is -1.95. The number of thiophene rings is 1. The number of nitrogens with two attached hydrogens (primary N) is 1. The van der Waals surface area contributed by atoms with Crippen molar-refractivity contribution in [1.29, 1.82) is 0 Å². The molecule has 2 N–H and O–H groups in total. The van der Waals surface area contributed by atoms with Gasteiger partial charge in [0.25, 0.3) is 0 Å². The van der Waals surface area contributed by atoms with Gasteiger partial charge in [0.05, 0.1) is 0 Å². The van der Waals surface area contributed by atoms with Crippen LogP contribution in [0.5, 0.6) is 0 Å². The molecule has 0 aliphatic heterocycles. The molecule has 2 heteroatoms. The summed E-state index contributed by atoms with van der Waals surface area (Å²) in [7, 11) is 0. The van der Waals surface area contributed by atoms with Crippen molar-refractivity contribution in [1.82, 2.24) is 0 Å². The molecule has 0 aliphatic rings. The molecule has 0 unspecified atom stereocenters. The normalized spacial score (nSPS) is 9.53. The van der Waals surface area contributed by atoms with Crippen LogP contribution in [0.2, 0.25) is 0 Å². The standard InChI is InChI=1S/C13H11NS.2C2H6/c1-8-2-4-12-10(6-8)11-7-9(14)3-5-13(11)15-12;2*1-2/h2-7H,14H2,1H3;2*1-2H3. The number of nitrogen functional groups attached to an aromatic ring is 1. The summed E-state index contributed by atoms with van der Waals surface area (Å²) >= 11 is 1.82. The van der Waals surface area contributed by atoms with E-state index in [1.165, 1.54) is 25.7 Å². The molecular weight excluding hydrogens is 250 g/mol. The van der Waals surface area contributed by atoms with Crippen molar-refractivity contribution in [2.75, 3.05) is 5.73 Å². The van der Waals surface area contributed by atoms with E-state index in [2.05, 4.69) is 37.3 Å². The summed E-state index contributed by atoms with van der Waals surface area (Å²) in [5, 5.41) is 2.60. The highest BCUT2D eigenvalue weighted by atomic mass is 32.1. The van der Waals surface area contributed by atoms with Crippen molar-refractivity contribution < 1.29 is 0 Å². The van der Waals surface area contributed by atoms with Crippen molar-refractivity contribution in [2.45, 2.75) is 34.6 Å². The maximum Gasteiger partial charge on any atom is 0.0356 e. The van der Waals surface area contributed by atoms with Gasteiger partial charge >= 0.3 is 0 Å². The second-order valence-corrected chi connectivity index (χ2v) is 4.94. The molecule has 0 saturated heterocycles. The molecule has 3 rings (SSSR count). The summed E-state index contributed by atoms with van der Waals surface area (Å²) in [5.41, 5.74) is 7.95. The average molecular weight is 273 g/mol. The fourth-order valence-corrected chi connectivity index (χ4v) is 2.98. The Morgan fingerprint density at radius 3 is 1.95 bits per heavy atom. The molecule has 0 bridgehead atoms. The zero-order chi connectivity index (χ0) is 14.4. The van der Waals surface area contributed by atoms with Gasteiger partial charge in [-0.2, -0.15) is 0 Å². The van der Waals surface area contributed by atoms with Gasteiger partial charge in [-0.3, -0.25) is 0 Å². The summed E-state index contributed by atoms with van der Waals surface area (Å²) in [4.78, 5) is 0. The zero-order valence-corrected chi connectivity index (χ0v) is 13.3. The number of aryl methyl sites for hydroxylation is 1. The molecular formula is C17H23NS. The van der Waals surface area contributed by atoms with Gasteiger partial charge in [-0.05, 0) is 37.3 Å².